The van der Waals surface area contributed by atoms with E-state index in [0.717, 1.165) is 12.4 Å². The van der Waals surface area contributed by atoms with Crippen molar-refractivity contribution in [3.63, 3.8) is 0 Å². The summed E-state index contributed by atoms with van der Waals surface area (Å²) in [5, 5.41) is 0. The zero-order valence-corrected chi connectivity index (χ0v) is 9.04. The van der Waals surface area contributed by atoms with Crippen LogP contribution in [0.25, 0.3) is 0 Å². The maximum absolute atomic E-state index is 5.60. The summed E-state index contributed by atoms with van der Waals surface area (Å²) in [5.74, 6) is 1.29. The lowest BCUT2D eigenvalue weighted by molar-refractivity contribution is 0.889. The number of nitrogens with two attached hydrogens (primary N) is 1. The molecule has 0 saturated carbocycles. The van der Waals surface area contributed by atoms with Gasteiger partial charge >= 0.3 is 0 Å². The van der Waals surface area contributed by atoms with E-state index < -0.39 is 0 Å². The van der Waals surface area contributed by atoms with E-state index in [0.29, 0.717) is 5.82 Å². The number of nitrogens with zero attached hydrogens (tertiary/aromatic N) is 4. The molecule has 0 spiro atoms. The smallest absolute Gasteiger partial charge is 0.134 e. The van der Waals surface area contributed by atoms with Crippen LogP contribution in [0.2, 0.25) is 0 Å². The predicted molar refractivity (Wildman–Crippen MR) is 62.8 cm³/mol. The number of rotatable bonds is 3. The molecule has 0 atom stereocenters. The third kappa shape index (κ3) is 2.44. The molecule has 0 aliphatic carbocycles. The van der Waals surface area contributed by atoms with Gasteiger partial charge in [-0.25, -0.2) is 9.97 Å². The first kappa shape index (κ1) is 10.4. The van der Waals surface area contributed by atoms with Gasteiger partial charge < -0.3 is 10.6 Å². The first-order valence-electron chi connectivity index (χ1n) is 4.93. The van der Waals surface area contributed by atoms with Crippen molar-refractivity contribution in [3.05, 3.63) is 42.5 Å². The second-order valence-corrected chi connectivity index (χ2v) is 3.51. The van der Waals surface area contributed by atoms with Crippen LogP contribution in [0.1, 0.15) is 5.56 Å². The van der Waals surface area contributed by atoms with Crippen molar-refractivity contribution in [2.75, 3.05) is 17.7 Å². The molecule has 2 rings (SSSR count). The average molecular weight is 215 g/mol. The number of aromatic nitrogens is 3. The molecule has 0 bridgehead atoms. The van der Waals surface area contributed by atoms with Crippen LogP contribution in [0.3, 0.4) is 0 Å². The van der Waals surface area contributed by atoms with Crippen LogP contribution in [0, 0.1) is 0 Å². The van der Waals surface area contributed by atoms with Gasteiger partial charge in [0.25, 0.3) is 0 Å². The van der Waals surface area contributed by atoms with Gasteiger partial charge in [0.1, 0.15) is 18.0 Å². The Kier molecular flexibility index (Phi) is 2.95. The Hall–Kier alpha value is -2.17. The highest BCUT2D eigenvalue weighted by molar-refractivity contribution is 5.45. The van der Waals surface area contributed by atoms with Crippen molar-refractivity contribution in [1.29, 1.82) is 0 Å². The quantitative estimate of drug-likeness (QED) is 0.830. The van der Waals surface area contributed by atoms with Crippen LogP contribution in [0.15, 0.2) is 36.9 Å². The molecule has 0 amide bonds. The summed E-state index contributed by atoms with van der Waals surface area (Å²) < 4.78 is 0. The maximum Gasteiger partial charge on any atom is 0.134 e. The van der Waals surface area contributed by atoms with Gasteiger partial charge in [0.05, 0.1) is 0 Å². The van der Waals surface area contributed by atoms with Crippen molar-refractivity contribution in [2.24, 2.45) is 0 Å². The van der Waals surface area contributed by atoms with E-state index in [4.69, 9.17) is 5.73 Å². The van der Waals surface area contributed by atoms with Crippen molar-refractivity contribution in [1.82, 2.24) is 15.0 Å². The third-order valence-corrected chi connectivity index (χ3v) is 2.23. The van der Waals surface area contributed by atoms with Gasteiger partial charge in [-0.2, -0.15) is 0 Å². The van der Waals surface area contributed by atoms with Crippen LogP contribution in [0.5, 0.6) is 0 Å². The van der Waals surface area contributed by atoms with E-state index in [1.807, 2.05) is 24.1 Å². The Balaban J connectivity index is 2.12. The van der Waals surface area contributed by atoms with Gasteiger partial charge in [-0.3, -0.25) is 4.98 Å². The molecule has 2 aromatic heterocycles. The average Bonchev–Trinajstić information content (AvgIpc) is 2.30. The first-order chi connectivity index (χ1) is 7.75. The van der Waals surface area contributed by atoms with Crippen molar-refractivity contribution >= 4 is 11.6 Å². The van der Waals surface area contributed by atoms with E-state index in [-0.39, 0.29) is 0 Å². The van der Waals surface area contributed by atoms with E-state index in [1.165, 1.54) is 11.9 Å². The zero-order chi connectivity index (χ0) is 11.4. The van der Waals surface area contributed by atoms with Crippen LogP contribution in [-0.4, -0.2) is 22.0 Å². The molecule has 82 valence electrons. The fourth-order valence-electron chi connectivity index (χ4n) is 1.41. The predicted octanol–water partition coefficient (Wildman–Crippen LogP) is 1.09. The molecular weight excluding hydrogens is 202 g/mol. The van der Waals surface area contributed by atoms with Gasteiger partial charge in [0.2, 0.25) is 0 Å². The standard InChI is InChI=1S/C11H13N5/c1-16(7-9-2-4-13-5-3-9)11-6-10(12)14-8-15-11/h2-6,8H,7H2,1H3,(H2,12,14,15). The maximum atomic E-state index is 5.60. The Bertz CT molecular complexity index is 457. The highest BCUT2D eigenvalue weighted by Gasteiger charge is 2.03. The lowest BCUT2D eigenvalue weighted by atomic mass is 10.2. The van der Waals surface area contributed by atoms with Gasteiger partial charge in [0.15, 0.2) is 0 Å². The van der Waals surface area contributed by atoms with Crippen molar-refractivity contribution in [2.45, 2.75) is 6.54 Å². The molecule has 0 aliphatic heterocycles. The second kappa shape index (κ2) is 4.57. The largest absolute Gasteiger partial charge is 0.384 e. The molecule has 0 fully saturated rings. The highest BCUT2D eigenvalue weighted by Crippen LogP contribution is 2.12. The summed E-state index contributed by atoms with van der Waals surface area (Å²) in [6.45, 7) is 0.763. The molecular formula is C11H13N5. The van der Waals surface area contributed by atoms with Gasteiger partial charge in [-0.15, -0.1) is 0 Å². The topological polar surface area (TPSA) is 67.9 Å². The van der Waals surface area contributed by atoms with Crippen LogP contribution in [0.4, 0.5) is 11.6 Å². The minimum Gasteiger partial charge on any atom is -0.384 e. The Labute approximate surface area is 94.0 Å². The SMILES string of the molecule is CN(Cc1ccncc1)c1cc(N)ncn1. The first-order valence-corrected chi connectivity index (χ1v) is 4.93. The van der Waals surface area contributed by atoms with E-state index in [1.54, 1.807) is 18.5 Å². The molecule has 2 heterocycles. The second-order valence-electron chi connectivity index (χ2n) is 3.51. The number of hydrogen-bond acceptors (Lipinski definition) is 5. The number of pyridine rings is 1. The lowest BCUT2D eigenvalue weighted by Gasteiger charge is -2.17. The summed E-state index contributed by atoms with van der Waals surface area (Å²) in [5.41, 5.74) is 6.78. The Morgan fingerprint density at radius 1 is 1.25 bits per heavy atom. The van der Waals surface area contributed by atoms with E-state index >= 15 is 0 Å². The summed E-state index contributed by atoms with van der Waals surface area (Å²) >= 11 is 0. The molecule has 0 aromatic carbocycles. The molecule has 0 saturated heterocycles. The summed E-state index contributed by atoms with van der Waals surface area (Å²) in [6, 6.07) is 5.70. The van der Waals surface area contributed by atoms with E-state index in [9.17, 15) is 0 Å². The minimum atomic E-state index is 0.478. The number of anilines is 2. The van der Waals surface area contributed by atoms with E-state index in [2.05, 4.69) is 15.0 Å². The third-order valence-electron chi connectivity index (χ3n) is 2.23. The lowest BCUT2D eigenvalue weighted by Crippen LogP contribution is -2.18. The fourth-order valence-corrected chi connectivity index (χ4v) is 1.41. The molecule has 2 aromatic rings. The molecule has 16 heavy (non-hydrogen) atoms. The Morgan fingerprint density at radius 3 is 2.69 bits per heavy atom. The molecule has 5 heteroatoms. The van der Waals surface area contributed by atoms with Gasteiger partial charge in [-0.1, -0.05) is 0 Å². The fraction of sp³-hybridized carbons (Fsp3) is 0.182. The molecule has 0 radical (unpaired) electrons. The summed E-state index contributed by atoms with van der Waals surface area (Å²) in [7, 11) is 1.96. The molecule has 0 unspecified atom stereocenters. The zero-order valence-electron chi connectivity index (χ0n) is 9.04. The molecule has 2 N–H and O–H groups in total. The molecule has 0 aliphatic rings. The molecule has 5 nitrogen and oxygen atoms in total. The number of hydrogen-bond donors (Lipinski definition) is 1. The minimum absolute atomic E-state index is 0.478. The summed E-state index contributed by atoms with van der Waals surface area (Å²) in [4.78, 5) is 14.0. The highest BCUT2D eigenvalue weighted by atomic mass is 15.2. The summed E-state index contributed by atoms with van der Waals surface area (Å²) in [6.07, 6.45) is 5.02. The Morgan fingerprint density at radius 2 is 2.00 bits per heavy atom. The van der Waals surface area contributed by atoms with Crippen LogP contribution in [-0.2, 0) is 6.54 Å². The normalized spacial score (nSPS) is 10.1. The van der Waals surface area contributed by atoms with Crippen molar-refractivity contribution < 1.29 is 0 Å². The van der Waals surface area contributed by atoms with Crippen LogP contribution >= 0.6 is 0 Å². The number of nitrogen functional groups attached to an aromatic ring is 1. The monoisotopic (exact) mass is 215 g/mol. The van der Waals surface area contributed by atoms with Gasteiger partial charge in [-0.05, 0) is 17.7 Å². The van der Waals surface area contributed by atoms with Crippen LogP contribution < -0.4 is 10.6 Å². The van der Waals surface area contributed by atoms with Gasteiger partial charge in [0, 0.05) is 32.1 Å². The van der Waals surface area contributed by atoms with Crippen molar-refractivity contribution in [3.8, 4) is 0 Å².